The van der Waals surface area contributed by atoms with Crippen molar-refractivity contribution in [1.29, 1.82) is 0 Å². The van der Waals surface area contributed by atoms with E-state index in [0.717, 1.165) is 26.1 Å². The zero-order valence-corrected chi connectivity index (χ0v) is 13.5. The van der Waals surface area contributed by atoms with Gasteiger partial charge in [-0.15, -0.1) is 0 Å². The first-order valence-electron chi connectivity index (χ1n) is 7.30. The van der Waals surface area contributed by atoms with Crippen molar-refractivity contribution in [2.45, 2.75) is 40.5 Å². The van der Waals surface area contributed by atoms with Gasteiger partial charge in [-0.05, 0) is 35.8 Å². The lowest BCUT2D eigenvalue weighted by molar-refractivity contribution is 0.263. The van der Waals surface area contributed by atoms with Gasteiger partial charge in [0.15, 0.2) is 0 Å². The molecule has 1 aromatic heterocycles. The summed E-state index contributed by atoms with van der Waals surface area (Å²) >= 11 is 6.00. The van der Waals surface area contributed by atoms with Gasteiger partial charge in [-0.1, -0.05) is 27.7 Å². The zero-order chi connectivity index (χ0) is 14.8. The zero-order valence-electron chi connectivity index (χ0n) is 12.8. The van der Waals surface area contributed by atoms with E-state index < -0.39 is 0 Å². The van der Waals surface area contributed by atoms with E-state index in [9.17, 15) is 0 Å². The van der Waals surface area contributed by atoms with Crippen LogP contribution in [0.1, 0.15) is 40.5 Å². The summed E-state index contributed by atoms with van der Waals surface area (Å²) in [4.78, 5) is 15.1. The Bertz CT molecular complexity index is 457. The van der Waals surface area contributed by atoms with E-state index in [-0.39, 0.29) is 5.28 Å². The lowest BCUT2D eigenvalue weighted by atomic mass is 9.80. The molecular formula is C14H24ClN5. The Morgan fingerprint density at radius 3 is 2.65 bits per heavy atom. The van der Waals surface area contributed by atoms with Crippen LogP contribution in [0.5, 0.6) is 0 Å². The van der Waals surface area contributed by atoms with E-state index in [2.05, 4.69) is 52.9 Å². The fourth-order valence-corrected chi connectivity index (χ4v) is 2.60. The molecule has 0 saturated carbocycles. The number of halogens is 1. The minimum absolute atomic E-state index is 0.257. The van der Waals surface area contributed by atoms with Crippen molar-refractivity contribution in [2.24, 2.45) is 11.3 Å². The number of hydrogen-bond acceptors (Lipinski definition) is 5. The average Bonchev–Trinajstić information content (AvgIpc) is 2.85. The molecule has 6 heteroatoms. The van der Waals surface area contributed by atoms with Crippen LogP contribution in [0.25, 0.3) is 0 Å². The van der Waals surface area contributed by atoms with Gasteiger partial charge in [0.05, 0.1) is 0 Å². The second-order valence-corrected chi connectivity index (χ2v) is 6.79. The third-order valence-corrected chi connectivity index (χ3v) is 3.99. The molecule has 2 rings (SSSR count). The summed E-state index contributed by atoms with van der Waals surface area (Å²) in [5.41, 5.74) is 0.314. The quantitative estimate of drug-likeness (QED) is 0.925. The smallest absolute Gasteiger partial charge is 0.231 e. The molecule has 1 aromatic rings. The number of aromatic nitrogens is 3. The number of nitrogens with one attached hydrogen (secondary N) is 1. The predicted molar refractivity (Wildman–Crippen MR) is 83.4 cm³/mol. The van der Waals surface area contributed by atoms with Gasteiger partial charge < -0.3 is 10.2 Å². The topological polar surface area (TPSA) is 53.9 Å². The summed E-state index contributed by atoms with van der Waals surface area (Å²) in [5.74, 6) is 1.92. The Morgan fingerprint density at radius 2 is 2.05 bits per heavy atom. The Morgan fingerprint density at radius 1 is 1.30 bits per heavy atom. The summed E-state index contributed by atoms with van der Waals surface area (Å²) < 4.78 is 0. The number of anilines is 2. The molecule has 1 unspecified atom stereocenters. The molecular weight excluding hydrogens is 274 g/mol. The predicted octanol–water partition coefficient (Wildman–Crippen LogP) is 3.22. The minimum atomic E-state index is 0.257. The fraction of sp³-hybridized carbons (Fsp3) is 0.786. The summed E-state index contributed by atoms with van der Waals surface area (Å²) in [7, 11) is 0. The second-order valence-electron chi connectivity index (χ2n) is 6.45. The van der Waals surface area contributed by atoms with E-state index in [1.165, 1.54) is 6.42 Å². The molecule has 0 bridgehead atoms. The van der Waals surface area contributed by atoms with Crippen LogP contribution in [0.2, 0.25) is 5.28 Å². The highest BCUT2D eigenvalue weighted by Gasteiger charge is 2.33. The van der Waals surface area contributed by atoms with E-state index >= 15 is 0 Å². The molecule has 1 saturated heterocycles. The van der Waals surface area contributed by atoms with Crippen molar-refractivity contribution in [3.05, 3.63) is 5.28 Å². The Hall–Kier alpha value is -1.10. The van der Waals surface area contributed by atoms with Crippen LogP contribution >= 0.6 is 11.6 Å². The molecule has 2 heterocycles. The van der Waals surface area contributed by atoms with Gasteiger partial charge in [-0.3, -0.25) is 0 Å². The molecule has 1 N–H and O–H groups in total. The first-order chi connectivity index (χ1) is 9.40. The van der Waals surface area contributed by atoms with E-state index in [4.69, 9.17) is 11.6 Å². The summed E-state index contributed by atoms with van der Waals surface area (Å²) in [6.07, 6.45) is 2.19. The third kappa shape index (κ3) is 3.72. The fourth-order valence-electron chi connectivity index (χ4n) is 2.45. The molecule has 0 radical (unpaired) electrons. The molecule has 0 amide bonds. The van der Waals surface area contributed by atoms with Crippen LogP contribution in [-0.2, 0) is 0 Å². The van der Waals surface area contributed by atoms with Crippen LogP contribution in [0.4, 0.5) is 11.9 Å². The molecule has 0 aromatic carbocycles. The lowest BCUT2D eigenvalue weighted by Crippen LogP contribution is -2.27. The molecule has 1 atom stereocenters. The van der Waals surface area contributed by atoms with E-state index in [1.807, 2.05) is 0 Å². The molecule has 112 valence electrons. The standard InChI is InChI=1S/C14H24ClN5/c1-5-7-16-12-17-11(15)18-13(19-12)20-8-6-10(9-20)14(2,3)4/h10H,5-9H2,1-4H3,(H,16,17,18,19). The van der Waals surface area contributed by atoms with Gasteiger partial charge >= 0.3 is 0 Å². The maximum absolute atomic E-state index is 6.00. The highest BCUT2D eigenvalue weighted by Crippen LogP contribution is 2.34. The van der Waals surface area contributed by atoms with Crippen LogP contribution in [0.15, 0.2) is 0 Å². The summed E-state index contributed by atoms with van der Waals surface area (Å²) in [5, 5.41) is 3.42. The largest absolute Gasteiger partial charge is 0.354 e. The van der Waals surface area contributed by atoms with Gasteiger partial charge in [0.1, 0.15) is 0 Å². The Kier molecular flexibility index (Phi) is 4.68. The Balaban J connectivity index is 2.11. The second kappa shape index (κ2) is 6.12. The van der Waals surface area contributed by atoms with Gasteiger partial charge in [0.2, 0.25) is 17.2 Å². The molecule has 1 aliphatic rings. The van der Waals surface area contributed by atoms with Crippen molar-refractivity contribution < 1.29 is 0 Å². The molecule has 5 nitrogen and oxygen atoms in total. The minimum Gasteiger partial charge on any atom is -0.354 e. The van der Waals surface area contributed by atoms with Crippen LogP contribution in [-0.4, -0.2) is 34.6 Å². The number of nitrogens with zero attached hydrogens (tertiary/aromatic N) is 4. The summed E-state index contributed by atoms with van der Waals surface area (Å²) in [6.45, 7) is 11.8. The molecule has 0 spiro atoms. The average molecular weight is 298 g/mol. The molecule has 0 aliphatic carbocycles. The summed E-state index contributed by atoms with van der Waals surface area (Å²) in [6, 6.07) is 0. The monoisotopic (exact) mass is 297 g/mol. The van der Waals surface area contributed by atoms with Crippen molar-refractivity contribution in [2.75, 3.05) is 29.9 Å². The van der Waals surface area contributed by atoms with E-state index in [1.54, 1.807) is 0 Å². The van der Waals surface area contributed by atoms with Crippen molar-refractivity contribution in [3.8, 4) is 0 Å². The van der Waals surface area contributed by atoms with Gasteiger partial charge in [0, 0.05) is 19.6 Å². The van der Waals surface area contributed by atoms with Gasteiger partial charge in [-0.2, -0.15) is 15.0 Å². The van der Waals surface area contributed by atoms with Crippen molar-refractivity contribution in [1.82, 2.24) is 15.0 Å². The molecule has 1 fully saturated rings. The maximum Gasteiger partial charge on any atom is 0.231 e. The number of rotatable bonds is 4. The Labute approximate surface area is 126 Å². The van der Waals surface area contributed by atoms with E-state index in [0.29, 0.717) is 23.2 Å². The number of hydrogen-bond donors (Lipinski definition) is 1. The van der Waals surface area contributed by atoms with Crippen molar-refractivity contribution >= 4 is 23.5 Å². The van der Waals surface area contributed by atoms with Gasteiger partial charge in [0.25, 0.3) is 0 Å². The first kappa shape index (κ1) is 15.3. The van der Waals surface area contributed by atoms with Crippen molar-refractivity contribution in [3.63, 3.8) is 0 Å². The van der Waals surface area contributed by atoms with Crippen LogP contribution < -0.4 is 10.2 Å². The normalized spacial score (nSPS) is 19.4. The highest BCUT2D eigenvalue weighted by molar-refractivity contribution is 6.28. The maximum atomic E-state index is 6.00. The van der Waals surface area contributed by atoms with Gasteiger partial charge in [-0.25, -0.2) is 0 Å². The first-order valence-corrected chi connectivity index (χ1v) is 7.68. The van der Waals surface area contributed by atoms with Crippen LogP contribution in [0.3, 0.4) is 0 Å². The third-order valence-electron chi connectivity index (χ3n) is 3.83. The van der Waals surface area contributed by atoms with Crippen LogP contribution in [0, 0.1) is 11.3 Å². The SMILES string of the molecule is CCCNc1nc(Cl)nc(N2CCC(C(C)(C)C)C2)n1. The highest BCUT2D eigenvalue weighted by atomic mass is 35.5. The molecule has 20 heavy (non-hydrogen) atoms. The lowest BCUT2D eigenvalue weighted by Gasteiger charge is -2.27. The molecule has 1 aliphatic heterocycles.